The lowest BCUT2D eigenvalue weighted by molar-refractivity contribution is -0.145. The maximum Gasteiger partial charge on any atom is 0.316 e. The number of carbonyl (C=O) groups excluding carboxylic acids is 2. The van der Waals surface area contributed by atoms with Gasteiger partial charge in [0.2, 0.25) is 0 Å². The maximum absolute atomic E-state index is 15.6. The van der Waals surface area contributed by atoms with E-state index in [1.807, 2.05) is 39.8 Å². The topological polar surface area (TPSA) is 105 Å². The summed E-state index contributed by atoms with van der Waals surface area (Å²) < 4.78 is 42.9. The quantitative estimate of drug-likeness (QED) is 0.152. The van der Waals surface area contributed by atoms with Crippen molar-refractivity contribution in [3.63, 3.8) is 0 Å². The van der Waals surface area contributed by atoms with Gasteiger partial charge in [-0.3, -0.25) is 9.59 Å². The van der Waals surface area contributed by atoms with Gasteiger partial charge in [0.25, 0.3) is 0 Å². The second kappa shape index (κ2) is 14.8. The van der Waals surface area contributed by atoms with Gasteiger partial charge in [-0.15, -0.1) is 0 Å². The van der Waals surface area contributed by atoms with E-state index in [9.17, 15) is 9.59 Å². The van der Waals surface area contributed by atoms with Crippen molar-refractivity contribution in [1.29, 1.82) is 0 Å². The lowest BCUT2D eigenvalue weighted by Crippen LogP contribution is -2.53. The first-order chi connectivity index (χ1) is 24.5. The third kappa shape index (κ3) is 7.45. The van der Waals surface area contributed by atoms with E-state index >= 15 is 8.78 Å². The second-order valence-electron chi connectivity index (χ2n) is 18.6. The molecule has 4 aliphatic carbocycles. The van der Waals surface area contributed by atoms with Crippen molar-refractivity contribution >= 4 is 11.9 Å². The van der Waals surface area contributed by atoms with E-state index < -0.39 is 22.8 Å². The Balaban J connectivity index is 1.05. The van der Waals surface area contributed by atoms with Crippen molar-refractivity contribution in [1.82, 2.24) is 0 Å². The Morgan fingerprint density at radius 3 is 1.44 bits per heavy atom. The monoisotopic (exact) mass is 720 g/mol. The molecule has 286 valence electrons. The van der Waals surface area contributed by atoms with Crippen molar-refractivity contribution in [3.8, 4) is 11.5 Å². The maximum atomic E-state index is 15.6. The average molecular weight is 721 g/mol. The van der Waals surface area contributed by atoms with Crippen molar-refractivity contribution < 1.29 is 27.8 Å². The number of esters is 2. The fourth-order valence-corrected chi connectivity index (χ4v) is 10.1. The van der Waals surface area contributed by atoms with Gasteiger partial charge in [-0.05, 0) is 125 Å². The minimum atomic E-state index is -0.823. The first kappa shape index (κ1) is 38.9. The van der Waals surface area contributed by atoms with Crippen molar-refractivity contribution in [2.75, 3.05) is 0 Å². The second-order valence-corrected chi connectivity index (χ2v) is 18.6. The molecule has 6 rings (SSSR count). The number of nitrogens with two attached hydrogens (primary N) is 2. The molecule has 2 aromatic carbocycles. The number of fused-ring (bicyclic) bond motifs is 8. The van der Waals surface area contributed by atoms with Gasteiger partial charge in [0, 0.05) is 35.0 Å². The zero-order chi connectivity index (χ0) is 37.6. The molecule has 8 heteroatoms. The average Bonchev–Trinajstić information content (AvgIpc) is 3.07. The summed E-state index contributed by atoms with van der Waals surface area (Å²) in [5, 5.41) is 0. The Hall–Kier alpha value is -2.84. The molecule has 0 heterocycles. The molecule has 4 bridgehead atoms. The van der Waals surface area contributed by atoms with Crippen LogP contribution in [0, 0.1) is 34.3 Å². The van der Waals surface area contributed by atoms with Gasteiger partial charge in [0.15, 0.2) is 0 Å². The summed E-state index contributed by atoms with van der Waals surface area (Å²) in [7, 11) is 0. The minimum Gasteiger partial charge on any atom is -0.426 e. The number of ether oxygens (including phenoxy) is 2. The van der Waals surface area contributed by atoms with E-state index in [1.165, 1.54) is 12.1 Å². The van der Waals surface area contributed by atoms with Crippen LogP contribution in [0.4, 0.5) is 8.78 Å². The number of benzene rings is 2. The molecule has 0 spiro atoms. The Bertz CT molecular complexity index is 1550. The summed E-state index contributed by atoms with van der Waals surface area (Å²) in [6.07, 6.45) is 14.1. The Labute approximate surface area is 310 Å². The Kier molecular flexibility index (Phi) is 11.0. The molecular formula is C44H62F2N2O4. The molecule has 4 N–H and O–H groups in total. The Morgan fingerprint density at radius 1 is 0.673 bits per heavy atom. The molecule has 4 aliphatic rings. The third-order valence-electron chi connectivity index (χ3n) is 13.9. The van der Waals surface area contributed by atoms with Crippen LogP contribution in [0.1, 0.15) is 154 Å². The standard InChI is InChI=1S/C44H62F2N2O4/c1-41(2,39(49)51-29-23-33-31(35(45)25-29)21-27-15-9-7-11-19-43(33,5)37(27)47)17-13-14-18-42(3,4)40(50)52-30-24-34-32(36(46)26-30)22-28-16-10-8-12-20-44(34,6)38(28)48/h23-28,37-38H,7-22,47-48H2,1-6H3/t27-,28?,37?,38?,43?,44+/m0/s1. The van der Waals surface area contributed by atoms with Gasteiger partial charge in [-0.2, -0.15) is 0 Å². The van der Waals surface area contributed by atoms with Crippen LogP contribution < -0.4 is 20.9 Å². The summed E-state index contributed by atoms with van der Waals surface area (Å²) in [6, 6.07) is 6.32. The van der Waals surface area contributed by atoms with Crippen LogP contribution in [0.15, 0.2) is 24.3 Å². The summed E-state index contributed by atoms with van der Waals surface area (Å²) in [5.74, 6) is -0.479. The smallest absolute Gasteiger partial charge is 0.316 e. The fourth-order valence-electron chi connectivity index (χ4n) is 10.1. The van der Waals surface area contributed by atoms with E-state index in [0.29, 0.717) is 38.5 Å². The molecule has 0 aliphatic heterocycles. The molecule has 6 atom stereocenters. The van der Waals surface area contributed by atoms with E-state index in [4.69, 9.17) is 20.9 Å². The molecular weight excluding hydrogens is 658 g/mol. The molecule has 52 heavy (non-hydrogen) atoms. The van der Waals surface area contributed by atoms with Gasteiger partial charge in [0.05, 0.1) is 10.8 Å². The number of rotatable bonds is 9. The zero-order valence-electron chi connectivity index (χ0n) is 32.5. The van der Waals surface area contributed by atoms with Crippen LogP contribution in [-0.2, 0) is 33.3 Å². The molecule has 4 unspecified atom stereocenters. The largest absolute Gasteiger partial charge is 0.426 e. The predicted molar refractivity (Wildman–Crippen MR) is 201 cm³/mol. The van der Waals surface area contributed by atoms with Gasteiger partial charge < -0.3 is 20.9 Å². The van der Waals surface area contributed by atoms with Crippen molar-refractivity contribution in [3.05, 3.63) is 58.2 Å². The summed E-state index contributed by atoms with van der Waals surface area (Å²) in [6.45, 7) is 11.7. The highest BCUT2D eigenvalue weighted by molar-refractivity contribution is 5.79. The van der Waals surface area contributed by atoms with Crippen LogP contribution in [0.3, 0.4) is 0 Å². The molecule has 6 nitrogen and oxygen atoms in total. The summed E-state index contributed by atoms with van der Waals surface area (Å²) in [5.41, 5.74) is 14.5. The van der Waals surface area contributed by atoms with Gasteiger partial charge in [-0.25, -0.2) is 8.78 Å². The number of hydrogen-bond donors (Lipinski definition) is 2. The normalized spacial score (nSPS) is 29.0. The van der Waals surface area contributed by atoms with E-state index in [1.54, 1.807) is 0 Å². The molecule has 0 aromatic heterocycles. The predicted octanol–water partition coefficient (Wildman–Crippen LogP) is 9.53. The van der Waals surface area contributed by atoms with Crippen LogP contribution in [0.2, 0.25) is 0 Å². The highest BCUT2D eigenvalue weighted by Gasteiger charge is 2.47. The third-order valence-corrected chi connectivity index (χ3v) is 13.9. The van der Waals surface area contributed by atoms with Crippen molar-refractivity contribution in [2.45, 2.75) is 167 Å². The Morgan fingerprint density at radius 2 is 1.06 bits per heavy atom. The number of halogens is 2. The molecule has 0 amide bonds. The zero-order valence-corrected chi connectivity index (χ0v) is 32.5. The minimum absolute atomic E-state index is 0.0564. The summed E-state index contributed by atoms with van der Waals surface area (Å²) in [4.78, 5) is 26.9. The lowest BCUT2D eigenvalue weighted by Gasteiger charge is -2.47. The SMILES string of the molecule is CC(C)(CCCCC(C)(C)C(=O)Oc1cc(F)c2c(c1)[C@@]1(C)CCCCCC(C2)C1N)C(=O)Oc1cc(F)c2c(c1)C1(C)CCCCC[C@@H](C2)C1N. The molecule has 2 aromatic rings. The van der Waals surface area contributed by atoms with Crippen LogP contribution in [0.25, 0.3) is 0 Å². The molecule has 0 radical (unpaired) electrons. The van der Waals surface area contributed by atoms with Crippen LogP contribution in [-0.4, -0.2) is 24.0 Å². The van der Waals surface area contributed by atoms with Crippen molar-refractivity contribution in [2.24, 2.45) is 34.1 Å². The van der Waals surface area contributed by atoms with Gasteiger partial charge in [-0.1, -0.05) is 65.2 Å². The highest BCUT2D eigenvalue weighted by atomic mass is 19.1. The molecule has 2 fully saturated rings. The van der Waals surface area contributed by atoms with Crippen LogP contribution in [0.5, 0.6) is 11.5 Å². The first-order valence-electron chi connectivity index (χ1n) is 20.1. The molecule has 2 saturated carbocycles. The van der Waals surface area contributed by atoms with E-state index in [-0.39, 0.29) is 57.9 Å². The fraction of sp³-hybridized carbons (Fsp3) is 0.682. The first-order valence-corrected chi connectivity index (χ1v) is 20.1. The highest BCUT2D eigenvalue weighted by Crippen LogP contribution is 2.49. The summed E-state index contributed by atoms with van der Waals surface area (Å²) >= 11 is 0. The number of hydrogen-bond acceptors (Lipinski definition) is 6. The van der Waals surface area contributed by atoms with E-state index in [0.717, 1.165) is 86.5 Å². The van der Waals surface area contributed by atoms with Gasteiger partial charge in [0.1, 0.15) is 23.1 Å². The van der Waals surface area contributed by atoms with Crippen LogP contribution >= 0.6 is 0 Å². The molecule has 0 saturated heterocycles. The number of carbonyl (C=O) groups is 2. The van der Waals surface area contributed by atoms with Gasteiger partial charge >= 0.3 is 11.9 Å². The van der Waals surface area contributed by atoms with E-state index in [2.05, 4.69) is 13.8 Å². The number of unbranched alkanes of at least 4 members (excludes halogenated alkanes) is 1. The lowest BCUT2D eigenvalue weighted by atomic mass is 9.60.